The minimum absolute atomic E-state index is 0.189. The summed E-state index contributed by atoms with van der Waals surface area (Å²) in [6.07, 6.45) is 8.50. The molecule has 3 heteroatoms. The highest BCUT2D eigenvalue weighted by atomic mass is 16.2. The normalized spacial score (nSPS) is 30.9. The molecule has 0 aromatic heterocycles. The topological polar surface area (TPSA) is 55.1 Å². The molecule has 3 atom stereocenters. The van der Waals surface area contributed by atoms with Crippen LogP contribution in [-0.4, -0.2) is 18.0 Å². The molecule has 17 heavy (non-hydrogen) atoms. The van der Waals surface area contributed by atoms with E-state index in [1.54, 1.807) is 0 Å². The molecule has 3 N–H and O–H groups in total. The third-order valence-electron chi connectivity index (χ3n) is 4.75. The molecule has 2 bridgehead atoms. The molecule has 0 saturated heterocycles. The number of rotatable bonds is 5. The van der Waals surface area contributed by atoms with Crippen molar-refractivity contribution in [1.82, 2.24) is 5.32 Å². The first-order valence-electron chi connectivity index (χ1n) is 6.84. The van der Waals surface area contributed by atoms with E-state index in [4.69, 9.17) is 5.73 Å². The summed E-state index contributed by atoms with van der Waals surface area (Å²) in [7, 11) is 0. The van der Waals surface area contributed by atoms with E-state index >= 15 is 0 Å². The van der Waals surface area contributed by atoms with Crippen molar-refractivity contribution in [3.8, 4) is 0 Å². The number of nitrogens with two attached hydrogens (primary N) is 1. The van der Waals surface area contributed by atoms with Gasteiger partial charge in [0.1, 0.15) is 0 Å². The van der Waals surface area contributed by atoms with Crippen LogP contribution in [0.25, 0.3) is 0 Å². The number of hydrogen-bond acceptors (Lipinski definition) is 2. The van der Waals surface area contributed by atoms with Gasteiger partial charge in [-0.25, -0.2) is 0 Å². The molecule has 0 spiro atoms. The number of allylic oxidation sites excluding steroid dienone is 2. The van der Waals surface area contributed by atoms with Crippen LogP contribution < -0.4 is 11.1 Å². The molecule has 2 aliphatic carbocycles. The Bertz CT molecular complexity index is 312. The fraction of sp³-hybridized carbons (Fsp3) is 0.786. The summed E-state index contributed by atoms with van der Waals surface area (Å²) in [6, 6.07) is 0. The predicted octanol–water partition coefficient (Wildman–Crippen LogP) is 1.83. The highest BCUT2D eigenvalue weighted by molar-refractivity contribution is 5.80. The largest absolute Gasteiger partial charge is 0.349 e. The van der Waals surface area contributed by atoms with Gasteiger partial charge in [0, 0.05) is 12.5 Å². The van der Waals surface area contributed by atoms with Crippen LogP contribution in [-0.2, 0) is 4.79 Å². The fourth-order valence-corrected chi connectivity index (χ4v) is 3.20. The molecule has 1 amide bonds. The number of carbonyl (C=O) groups excluding carboxylic acids is 1. The third kappa shape index (κ3) is 2.25. The average molecular weight is 236 g/mol. The Morgan fingerprint density at radius 3 is 2.47 bits per heavy atom. The molecule has 0 radical (unpaired) electrons. The molecular weight excluding hydrogens is 212 g/mol. The number of hydrogen-bond donors (Lipinski definition) is 2. The van der Waals surface area contributed by atoms with E-state index in [1.165, 1.54) is 6.42 Å². The molecule has 2 aliphatic rings. The maximum absolute atomic E-state index is 12.3. The summed E-state index contributed by atoms with van der Waals surface area (Å²) in [5.74, 6) is 1.53. The number of fused-ring (bicyclic) bond motifs is 2. The van der Waals surface area contributed by atoms with Gasteiger partial charge >= 0.3 is 0 Å². The number of nitrogens with one attached hydrogen (secondary N) is 1. The first kappa shape index (κ1) is 12.6. The lowest BCUT2D eigenvalue weighted by atomic mass is 9.88. The predicted molar refractivity (Wildman–Crippen MR) is 69.4 cm³/mol. The van der Waals surface area contributed by atoms with E-state index in [-0.39, 0.29) is 17.4 Å². The molecule has 3 nitrogen and oxygen atoms in total. The van der Waals surface area contributed by atoms with Gasteiger partial charge in [0.15, 0.2) is 0 Å². The van der Waals surface area contributed by atoms with Gasteiger partial charge in [0.25, 0.3) is 0 Å². The molecule has 0 heterocycles. The Kier molecular flexibility index (Phi) is 3.57. The maximum atomic E-state index is 12.3. The van der Waals surface area contributed by atoms with E-state index in [0.717, 1.165) is 19.3 Å². The lowest BCUT2D eigenvalue weighted by molar-refractivity contribution is -0.127. The minimum Gasteiger partial charge on any atom is -0.349 e. The molecule has 3 unspecified atom stereocenters. The van der Waals surface area contributed by atoms with Crippen molar-refractivity contribution in [2.45, 2.75) is 45.1 Å². The monoisotopic (exact) mass is 236 g/mol. The van der Waals surface area contributed by atoms with Crippen LogP contribution in [0.5, 0.6) is 0 Å². The van der Waals surface area contributed by atoms with Crippen molar-refractivity contribution in [3.63, 3.8) is 0 Å². The smallest absolute Gasteiger partial charge is 0.224 e. The van der Waals surface area contributed by atoms with Crippen LogP contribution in [0.1, 0.15) is 39.5 Å². The molecule has 1 fully saturated rings. The summed E-state index contributed by atoms with van der Waals surface area (Å²) < 4.78 is 0. The zero-order chi connectivity index (χ0) is 12.5. The molecule has 96 valence electrons. The van der Waals surface area contributed by atoms with E-state index < -0.39 is 0 Å². The standard InChI is InChI=1S/C14H24N2O/c1-3-14(4-2,9-15)16-13(17)12-8-10-5-6-11(12)7-10/h5-6,10-12H,3-4,7-9,15H2,1-2H3,(H,16,17). The zero-order valence-corrected chi connectivity index (χ0v) is 10.9. The maximum Gasteiger partial charge on any atom is 0.224 e. The van der Waals surface area contributed by atoms with Gasteiger partial charge in [-0.2, -0.15) is 0 Å². The Hall–Kier alpha value is -0.830. The van der Waals surface area contributed by atoms with Crippen LogP contribution in [0.2, 0.25) is 0 Å². The van der Waals surface area contributed by atoms with Crippen molar-refractivity contribution >= 4 is 5.91 Å². The van der Waals surface area contributed by atoms with Crippen LogP contribution >= 0.6 is 0 Å². The second-order valence-corrected chi connectivity index (χ2v) is 5.57. The minimum atomic E-state index is -0.192. The number of amides is 1. The van der Waals surface area contributed by atoms with Crippen molar-refractivity contribution in [3.05, 3.63) is 12.2 Å². The zero-order valence-electron chi connectivity index (χ0n) is 10.9. The molecule has 2 rings (SSSR count). The second kappa shape index (κ2) is 4.81. The molecule has 0 aliphatic heterocycles. The van der Waals surface area contributed by atoms with E-state index in [1.807, 2.05) is 0 Å². The second-order valence-electron chi connectivity index (χ2n) is 5.57. The highest BCUT2D eigenvalue weighted by Gasteiger charge is 2.41. The first-order valence-corrected chi connectivity index (χ1v) is 6.84. The lowest BCUT2D eigenvalue weighted by Gasteiger charge is -2.33. The van der Waals surface area contributed by atoms with Crippen LogP contribution in [0.15, 0.2) is 12.2 Å². The van der Waals surface area contributed by atoms with Crippen molar-refractivity contribution in [2.24, 2.45) is 23.5 Å². The summed E-state index contributed by atoms with van der Waals surface area (Å²) >= 11 is 0. The Morgan fingerprint density at radius 2 is 2.06 bits per heavy atom. The number of carbonyl (C=O) groups is 1. The van der Waals surface area contributed by atoms with E-state index in [9.17, 15) is 4.79 Å². The SMILES string of the molecule is CCC(CC)(CN)NC(=O)C1CC2C=CC1C2. The quantitative estimate of drug-likeness (QED) is 0.716. The van der Waals surface area contributed by atoms with Gasteiger partial charge in [-0.3, -0.25) is 4.79 Å². The Labute approximate surface area is 104 Å². The van der Waals surface area contributed by atoms with Crippen LogP contribution in [0, 0.1) is 17.8 Å². The third-order valence-corrected chi connectivity index (χ3v) is 4.75. The highest BCUT2D eigenvalue weighted by Crippen LogP contribution is 2.43. The molecule has 1 saturated carbocycles. The van der Waals surface area contributed by atoms with Gasteiger partial charge in [-0.1, -0.05) is 26.0 Å². The Balaban J connectivity index is 1.99. The summed E-state index contributed by atoms with van der Waals surface area (Å²) in [6.45, 7) is 4.72. The van der Waals surface area contributed by atoms with Gasteiger partial charge < -0.3 is 11.1 Å². The molecular formula is C14H24N2O. The first-order chi connectivity index (χ1) is 8.14. The van der Waals surface area contributed by atoms with Crippen molar-refractivity contribution < 1.29 is 4.79 Å². The van der Waals surface area contributed by atoms with E-state index in [2.05, 4.69) is 31.3 Å². The van der Waals surface area contributed by atoms with Gasteiger partial charge in [0.05, 0.1) is 5.54 Å². The Morgan fingerprint density at radius 1 is 1.35 bits per heavy atom. The summed E-state index contributed by atoms with van der Waals surface area (Å²) in [4.78, 5) is 12.3. The van der Waals surface area contributed by atoms with Crippen LogP contribution in [0.3, 0.4) is 0 Å². The van der Waals surface area contributed by atoms with Crippen molar-refractivity contribution in [2.75, 3.05) is 6.54 Å². The van der Waals surface area contributed by atoms with Gasteiger partial charge in [-0.15, -0.1) is 0 Å². The molecule has 0 aromatic carbocycles. The van der Waals surface area contributed by atoms with E-state index in [0.29, 0.717) is 18.4 Å². The van der Waals surface area contributed by atoms with Gasteiger partial charge in [-0.05, 0) is 37.5 Å². The fourth-order valence-electron chi connectivity index (χ4n) is 3.20. The van der Waals surface area contributed by atoms with Crippen LogP contribution in [0.4, 0.5) is 0 Å². The van der Waals surface area contributed by atoms with Gasteiger partial charge in [0.2, 0.25) is 5.91 Å². The lowest BCUT2D eigenvalue weighted by Crippen LogP contribution is -2.54. The van der Waals surface area contributed by atoms with Crippen molar-refractivity contribution in [1.29, 1.82) is 0 Å². The average Bonchev–Trinajstić information content (AvgIpc) is 2.98. The summed E-state index contributed by atoms with van der Waals surface area (Å²) in [5, 5.41) is 3.21. The summed E-state index contributed by atoms with van der Waals surface area (Å²) in [5.41, 5.74) is 5.63. The molecule has 0 aromatic rings.